The molecule has 166 valence electrons. The lowest BCUT2D eigenvalue weighted by Crippen LogP contribution is -2.09. The molecular weight excluding hydrogens is 422 g/mol. The molecule has 0 aliphatic heterocycles. The van der Waals surface area contributed by atoms with Crippen molar-refractivity contribution in [3.63, 3.8) is 0 Å². The Morgan fingerprint density at radius 1 is 1.03 bits per heavy atom. The standard InChI is InChI=1S/C23H21F4N5/c24-20-14-30-22(32-21(20)29-13-16-4-5-16)28-11-10-15-6-8-18(9-7-15)31-19-3-1-2-17(12-19)23(25,26)27/h1-3,6-12,14,16,31H,4-5,13H2,(H2,28,29,30,32)/b11-10+. The van der Waals surface area contributed by atoms with Crippen LogP contribution in [0.3, 0.4) is 0 Å². The number of benzene rings is 2. The number of alkyl halides is 3. The summed E-state index contributed by atoms with van der Waals surface area (Å²) < 4.78 is 52.3. The second-order valence-corrected chi connectivity index (χ2v) is 7.52. The van der Waals surface area contributed by atoms with Crippen LogP contribution >= 0.6 is 0 Å². The van der Waals surface area contributed by atoms with Gasteiger partial charge in [-0.15, -0.1) is 0 Å². The molecule has 1 heterocycles. The first-order valence-electron chi connectivity index (χ1n) is 10.1. The summed E-state index contributed by atoms with van der Waals surface area (Å²) in [6.07, 6.45) is 2.45. The van der Waals surface area contributed by atoms with E-state index in [1.807, 2.05) is 12.1 Å². The van der Waals surface area contributed by atoms with Gasteiger partial charge in [-0.05, 0) is 60.7 Å². The molecule has 0 spiro atoms. The molecule has 1 aliphatic carbocycles. The van der Waals surface area contributed by atoms with Gasteiger partial charge in [0, 0.05) is 24.1 Å². The second kappa shape index (κ2) is 9.25. The van der Waals surface area contributed by atoms with Crippen LogP contribution in [0, 0.1) is 11.7 Å². The Balaban J connectivity index is 1.34. The van der Waals surface area contributed by atoms with Crippen LogP contribution in [0.15, 0.2) is 60.9 Å². The van der Waals surface area contributed by atoms with Gasteiger partial charge >= 0.3 is 6.18 Å². The van der Waals surface area contributed by atoms with Gasteiger partial charge in [0.15, 0.2) is 11.6 Å². The summed E-state index contributed by atoms with van der Waals surface area (Å²) in [5.41, 5.74) is 1.15. The monoisotopic (exact) mass is 443 g/mol. The molecule has 32 heavy (non-hydrogen) atoms. The molecule has 9 heteroatoms. The van der Waals surface area contributed by atoms with Crippen LogP contribution in [0.1, 0.15) is 24.0 Å². The van der Waals surface area contributed by atoms with Crippen LogP contribution in [-0.2, 0) is 6.18 Å². The molecule has 0 unspecified atom stereocenters. The van der Waals surface area contributed by atoms with Crippen molar-refractivity contribution in [2.24, 2.45) is 5.92 Å². The molecule has 0 amide bonds. The van der Waals surface area contributed by atoms with Crippen LogP contribution in [-0.4, -0.2) is 16.5 Å². The largest absolute Gasteiger partial charge is 0.416 e. The third-order valence-corrected chi connectivity index (χ3v) is 4.88. The molecule has 1 aliphatic rings. The zero-order valence-corrected chi connectivity index (χ0v) is 17.0. The third-order valence-electron chi connectivity index (χ3n) is 4.88. The highest BCUT2D eigenvalue weighted by molar-refractivity contribution is 5.63. The van der Waals surface area contributed by atoms with E-state index in [-0.39, 0.29) is 11.8 Å². The minimum Gasteiger partial charge on any atom is -0.367 e. The van der Waals surface area contributed by atoms with Gasteiger partial charge in [0.2, 0.25) is 5.95 Å². The van der Waals surface area contributed by atoms with Crippen molar-refractivity contribution in [1.29, 1.82) is 0 Å². The normalized spacial score (nSPS) is 13.9. The number of nitrogens with zero attached hydrogens (tertiary/aromatic N) is 2. The molecule has 1 fully saturated rings. The highest BCUT2D eigenvalue weighted by Crippen LogP contribution is 2.31. The van der Waals surface area contributed by atoms with Gasteiger partial charge < -0.3 is 16.0 Å². The Kier molecular flexibility index (Phi) is 6.25. The predicted molar refractivity (Wildman–Crippen MR) is 117 cm³/mol. The highest BCUT2D eigenvalue weighted by Gasteiger charge is 2.30. The second-order valence-electron chi connectivity index (χ2n) is 7.52. The third kappa shape index (κ3) is 5.96. The molecular formula is C23H21F4N5. The van der Waals surface area contributed by atoms with Crippen molar-refractivity contribution >= 4 is 29.2 Å². The van der Waals surface area contributed by atoms with E-state index >= 15 is 0 Å². The Morgan fingerprint density at radius 3 is 2.53 bits per heavy atom. The molecule has 0 saturated heterocycles. The van der Waals surface area contributed by atoms with E-state index in [9.17, 15) is 17.6 Å². The zero-order chi connectivity index (χ0) is 22.6. The summed E-state index contributed by atoms with van der Waals surface area (Å²) in [5.74, 6) is 0.535. The van der Waals surface area contributed by atoms with E-state index in [1.54, 1.807) is 30.5 Å². The fraction of sp³-hybridized carbons (Fsp3) is 0.217. The number of aromatic nitrogens is 2. The lowest BCUT2D eigenvalue weighted by atomic mass is 10.1. The number of nitrogens with one attached hydrogen (secondary N) is 3. The highest BCUT2D eigenvalue weighted by atomic mass is 19.4. The van der Waals surface area contributed by atoms with E-state index < -0.39 is 17.6 Å². The van der Waals surface area contributed by atoms with Crippen LogP contribution in [0.4, 0.5) is 40.7 Å². The van der Waals surface area contributed by atoms with Crippen LogP contribution in [0.2, 0.25) is 0 Å². The Bertz CT molecular complexity index is 1090. The van der Waals surface area contributed by atoms with Crippen molar-refractivity contribution in [3.05, 3.63) is 77.9 Å². The summed E-state index contributed by atoms with van der Waals surface area (Å²) in [5, 5.41) is 8.87. The van der Waals surface area contributed by atoms with Gasteiger partial charge in [0.25, 0.3) is 0 Å². The van der Waals surface area contributed by atoms with Crippen molar-refractivity contribution in [2.45, 2.75) is 19.0 Å². The molecule has 3 N–H and O–H groups in total. The van der Waals surface area contributed by atoms with Crippen LogP contribution < -0.4 is 16.0 Å². The van der Waals surface area contributed by atoms with Gasteiger partial charge in [-0.2, -0.15) is 18.2 Å². The molecule has 5 nitrogen and oxygen atoms in total. The quantitative estimate of drug-likeness (QED) is 0.358. The molecule has 2 aromatic carbocycles. The maximum atomic E-state index is 13.8. The lowest BCUT2D eigenvalue weighted by molar-refractivity contribution is -0.137. The van der Waals surface area contributed by atoms with Crippen LogP contribution in [0.25, 0.3) is 6.08 Å². The SMILES string of the molecule is Fc1cnc(N/C=C/c2ccc(Nc3cccc(C(F)(F)F)c3)cc2)nc1NCC1CC1. The van der Waals surface area contributed by atoms with Crippen molar-refractivity contribution in [1.82, 2.24) is 9.97 Å². The number of hydrogen-bond acceptors (Lipinski definition) is 5. The number of rotatable bonds is 8. The van der Waals surface area contributed by atoms with E-state index in [1.165, 1.54) is 6.07 Å². The predicted octanol–water partition coefficient (Wildman–Crippen LogP) is 6.28. The number of halogens is 4. The summed E-state index contributed by atoms with van der Waals surface area (Å²) in [6.45, 7) is 0.699. The van der Waals surface area contributed by atoms with Gasteiger partial charge in [-0.1, -0.05) is 18.2 Å². The minimum atomic E-state index is -4.39. The average Bonchev–Trinajstić information content (AvgIpc) is 3.59. The Morgan fingerprint density at radius 2 is 1.81 bits per heavy atom. The van der Waals surface area contributed by atoms with Gasteiger partial charge in [0.05, 0.1) is 11.8 Å². The maximum absolute atomic E-state index is 13.8. The van der Waals surface area contributed by atoms with E-state index in [0.717, 1.165) is 36.7 Å². The lowest BCUT2D eigenvalue weighted by Gasteiger charge is -2.11. The smallest absolute Gasteiger partial charge is 0.367 e. The molecule has 1 saturated carbocycles. The Hall–Kier alpha value is -3.62. The summed E-state index contributed by atoms with van der Waals surface area (Å²) in [7, 11) is 0. The minimum absolute atomic E-state index is 0.174. The van der Waals surface area contributed by atoms with Crippen molar-refractivity contribution in [3.8, 4) is 0 Å². The van der Waals surface area contributed by atoms with E-state index in [0.29, 0.717) is 23.8 Å². The van der Waals surface area contributed by atoms with Crippen molar-refractivity contribution < 1.29 is 17.6 Å². The average molecular weight is 443 g/mol. The molecule has 3 aromatic rings. The van der Waals surface area contributed by atoms with E-state index in [2.05, 4.69) is 25.9 Å². The summed E-state index contributed by atoms with van der Waals surface area (Å²) >= 11 is 0. The topological polar surface area (TPSA) is 61.9 Å². The van der Waals surface area contributed by atoms with Gasteiger partial charge in [-0.3, -0.25) is 0 Å². The number of hydrogen-bond donors (Lipinski definition) is 3. The summed E-state index contributed by atoms with van der Waals surface area (Å²) in [6, 6.07) is 12.2. The molecule has 1 aromatic heterocycles. The van der Waals surface area contributed by atoms with Gasteiger partial charge in [0.1, 0.15) is 0 Å². The molecule has 0 radical (unpaired) electrons. The zero-order valence-electron chi connectivity index (χ0n) is 17.0. The van der Waals surface area contributed by atoms with E-state index in [4.69, 9.17) is 0 Å². The van der Waals surface area contributed by atoms with Crippen molar-refractivity contribution in [2.75, 3.05) is 22.5 Å². The first-order valence-corrected chi connectivity index (χ1v) is 10.1. The molecule has 0 bridgehead atoms. The summed E-state index contributed by atoms with van der Waals surface area (Å²) in [4.78, 5) is 8.06. The molecule has 0 atom stereocenters. The molecule has 4 rings (SSSR count). The first kappa shape index (κ1) is 21.6. The van der Waals surface area contributed by atoms with Gasteiger partial charge in [-0.25, -0.2) is 9.37 Å². The van der Waals surface area contributed by atoms with Crippen LogP contribution in [0.5, 0.6) is 0 Å². The Labute approximate surface area is 182 Å². The fourth-order valence-corrected chi connectivity index (χ4v) is 2.95. The fourth-order valence-electron chi connectivity index (χ4n) is 2.95. The number of anilines is 4. The first-order chi connectivity index (χ1) is 15.4. The maximum Gasteiger partial charge on any atom is 0.416 e.